The number of aliphatic hydroxyl groups is 1. The first-order valence-corrected chi connectivity index (χ1v) is 13.5. The molecule has 7 unspecified atom stereocenters. The van der Waals surface area contributed by atoms with Gasteiger partial charge in [0.05, 0.1) is 6.10 Å². The number of hydrogen-bond acceptors (Lipinski definition) is 1. The van der Waals surface area contributed by atoms with Gasteiger partial charge in [0, 0.05) is 0 Å². The molecule has 31 heavy (non-hydrogen) atoms. The lowest BCUT2D eigenvalue weighted by Gasteiger charge is -2.55. The van der Waals surface area contributed by atoms with Gasteiger partial charge in [-0.1, -0.05) is 76.5 Å². The molecular formula is C30H48O. The van der Waals surface area contributed by atoms with Crippen molar-refractivity contribution in [3.63, 3.8) is 0 Å². The van der Waals surface area contributed by atoms with E-state index in [9.17, 15) is 5.11 Å². The molecule has 0 heterocycles. The zero-order valence-corrected chi connectivity index (χ0v) is 21.2. The smallest absolute Gasteiger partial charge is 0.0578 e. The molecule has 0 aromatic heterocycles. The monoisotopic (exact) mass is 424 g/mol. The summed E-state index contributed by atoms with van der Waals surface area (Å²) in [4.78, 5) is 0. The molecule has 0 amide bonds. The van der Waals surface area contributed by atoms with Crippen LogP contribution >= 0.6 is 0 Å². The molecule has 0 aromatic carbocycles. The number of hydrogen-bond donors (Lipinski definition) is 1. The van der Waals surface area contributed by atoms with Crippen LogP contribution in [0.5, 0.6) is 0 Å². The lowest BCUT2D eigenvalue weighted by molar-refractivity contribution is 0.0326. The van der Waals surface area contributed by atoms with Gasteiger partial charge >= 0.3 is 0 Å². The zero-order chi connectivity index (χ0) is 22.4. The molecule has 174 valence electrons. The van der Waals surface area contributed by atoms with Crippen molar-refractivity contribution in [1.82, 2.24) is 0 Å². The second-order valence-electron chi connectivity index (χ2n) is 12.4. The summed E-state index contributed by atoms with van der Waals surface area (Å²) in [5, 5.41) is 10.2. The highest BCUT2D eigenvalue weighted by molar-refractivity contribution is 5.38. The highest BCUT2D eigenvalue weighted by atomic mass is 16.3. The fourth-order valence-electron chi connectivity index (χ4n) is 8.44. The lowest BCUT2D eigenvalue weighted by Crippen LogP contribution is -2.46. The summed E-state index contributed by atoms with van der Waals surface area (Å²) in [6, 6.07) is 0. The highest BCUT2D eigenvalue weighted by Gasteiger charge is 2.56. The molecule has 3 saturated carbocycles. The summed E-state index contributed by atoms with van der Waals surface area (Å²) in [7, 11) is 0. The van der Waals surface area contributed by atoms with E-state index in [1.165, 1.54) is 56.9 Å². The molecular weight excluding hydrogens is 376 g/mol. The minimum atomic E-state index is -0.114. The Morgan fingerprint density at radius 3 is 2.55 bits per heavy atom. The molecule has 0 radical (unpaired) electrons. The van der Waals surface area contributed by atoms with Crippen LogP contribution < -0.4 is 0 Å². The normalized spacial score (nSPS) is 41.2. The average molecular weight is 425 g/mol. The van der Waals surface area contributed by atoms with Crippen LogP contribution in [0.15, 0.2) is 34.9 Å². The minimum absolute atomic E-state index is 0.114. The topological polar surface area (TPSA) is 20.2 Å². The molecule has 1 nitrogen and oxygen atoms in total. The highest BCUT2D eigenvalue weighted by Crippen LogP contribution is 2.66. The molecule has 4 aliphatic rings. The first-order valence-electron chi connectivity index (χ1n) is 13.5. The van der Waals surface area contributed by atoms with E-state index >= 15 is 0 Å². The van der Waals surface area contributed by atoms with Crippen LogP contribution in [0.1, 0.15) is 106 Å². The summed E-state index contributed by atoms with van der Waals surface area (Å²) in [6.07, 6.45) is 19.8. The Kier molecular flexibility index (Phi) is 6.66. The van der Waals surface area contributed by atoms with E-state index in [-0.39, 0.29) is 6.10 Å². The van der Waals surface area contributed by atoms with Crippen molar-refractivity contribution in [1.29, 1.82) is 0 Å². The van der Waals surface area contributed by atoms with Crippen molar-refractivity contribution in [3.05, 3.63) is 34.9 Å². The Balaban J connectivity index is 1.51. The molecule has 4 rings (SSSR count). The van der Waals surface area contributed by atoms with Crippen molar-refractivity contribution in [2.75, 3.05) is 0 Å². The maximum absolute atomic E-state index is 10.2. The van der Waals surface area contributed by atoms with Crippen molar-refractivity contribution in [2.45, 2.75) is 112 Å². The van der Waals surface area contributed by atoms with Gasteiger partial charge in [0.25, 0.3) is 0 Å². The standard InChI is InChI=1S/C30H48O/c1-7-8-22(20(2)3)10-9-21(4)26-13-14-27-25-12-11-23-19-24(31)15-17-29(23,5)28(25)16-18-30(26,27)6/h8,11-12,20-21,24,26-28,31H,7,9-10,13-19H2,1-6H3. The quantitative estimate of drug-likeness (QED) is 0.425. The number of aliphatic hydroxyl groups excluding tert-OH is 1. The van der Waals surface area contributed by atoms with E-state index in [4.69, 9.17) is 0 Å². The van der Waals surface area contributed by atoms with Crippen LogP contribution in [-0.2, 0) is 0 Å². The summed E-state index contributed by atoms with van der Waals surface area (Å²) >= 11 is 0. The van der Waals surface area contributed by atoms with Gasteiger partial charge in [-0.15, -0.1) is 0 Å². The van der Waals surface area contributed by atoms with Crippen LogP contribution in [0.4, 0.5) is 0 Å². The molecule has 1 N–H and O–H groups in total. The van der Waals surface area contributed by atoms with Crippen molar-refractivity contribution in [2.24, 2.45) is 40.4 Å². The second kappa shape index (κ2) is 8.85. The van der Waals surface area contributed by atoms with E-state index in [2.05, 4.69) is 59.8 Å². The first-order chi connectivity index (χ1) is 14.7. The third-order valence-electron chi connectivity index (χ3n) is 10.4. The fraction of sp³-hybridized carbons (Fsp3) is 0.800. The van der Waals surface area contributed by atoms with Gasteiger partial charge in [0.1, 0.15) is 0 Å². The Morgan fingerprint density at radius 1 is 1.06 bits per heavy atom. The SMILES string of the molecule is CCC=C(CCC(C)C1CCC2C3=CC=C4CC(O)CCC4(C)C3CCC21C)C(C)C. The average Bonchev–Trinajstić information content (AvgIpc) is 3.08. The molecule has 4 aliphatic carbocycles. The van der Waals surface area contributed by atoms with Crippen LogP contribution in [0, 0.1) is 40.4 Å². The third kappa shape index (κ3) is 4.03. The molecule has 7 atom stereocenters. The van der Waals surface area contributed by atoms with E-state index < -0.39 is 0 Å². The Morgan fingerprint density at radius 2 is 1.84 bits per heavy atom. The molecule has 0 spiro atoms. The van der Waals surface area contributed by atoms with Crippen molar-refractivity contribution in [3.8, 4) is 0 Å². The molecule has 0 aromatic rings. The predicted octanol–water partition coefficient (Wildman–Crippen LogP) is 8.26. The predicted molar refractivity (Wildman–Crippen MR) is 133 cm³/mol. The summed E-state index contributed by atoms with van der Waals surface area (Å²) in [6.45, 7) is 14.7. The largest absolute Gasteiger partial charge is 0.393 e. The van der Waals surface area contributed by atoms with Gasteiger partial charge in [-0.25, -0.2) is 0 Å². The molecule has 1 heteroatoms. The molecule has 0 saturated heterocycles. The summed E-state index contributed by atoms with van der Waals surface area (Å²) < 4.78 is 0. The van der Waals surface area contributed by atoms with Gasteiger partial charge in [-0.3, -0.25) is 0 Å². The fourth-order valence-corrected chi connectivity index (χ4v) is 8.44. The van der Waals surface area contributed by atoms with Gasteiger partial charge < -0.3 is 5.11 Å². The van der Waals surface area contributed by atoms with Gasteiger partial charge in [0.2, 0.25) is 0 Å². The van der Waals surface area contributed by atoms with E-state index in [1.807, 2.05) is 0 Å². The lowest BCUT2D eigenvalue weighted by atomic mass is 9.50. The number of fused-ring (bicyclic) bond motifs is 5. The van der Waals surface area contributed by atoms with Crippen LogP contribution in [0.2, 0.25) is 0 Å². The second-order valence-corrected chi connectivity index (χ2v) is 12.4. The maximum Gasteiger partial charge on any atom is 0.0578 e. The summed E-state index contributed by atoms with van der Waals surface area (Å²) in [5.74, 6) is 3.91. The van der Waals surface area contributed by atoms with Gasteiger partial charge in [-0.2, -0.15) is 0 Å². The van der Waals surface area contributed by atoms with Crippen LogP contribution in [0.25, 0.3) is 0 Å². The summed E-state index contributed by atoms with van der Waals surface area (Å²) in [5.41, 5.74) is 5.81. The maximum atomic E-state index is 10.2. The van der Waals surface area contributed by atoms with Crippen molar-refractivity contribution < 1.29 is 5.11 Å². The third-order valence-corrected chi connectivity index (χ3v) is 10.4. The van der Waals surface area contributed by atoms with E-state index in [0.29, 0.717) is 16.7 Å². The first kappa shape index (κ1) is 23.3. The van der Waals surface area contributed by atoms with Crippen LogP contribution in [-0.4, -0.2) is 11.2 Å². The molecule has 0 aliphatic heterocycles. The van der Waals surface area contributed by atoms with E-state index in [0.717, 1.165) is 36.5 Å². The Labute approximate surface area is 192 Å². The van der Waals surface area contributed by atoms with E-state index in [1.54, 1.807) is 11.1 Å². The molecule has 3 fully saturated rings. The zero-order valence-electron chi connectivity index (χ0n) is 21.2. The van der Waals surface area contributed by atoms with Crippen LogP contribution in [0.3, 0.4) is 0 Å². The van der Waals surface area contributed by atoms with Crippen molar-refractivity contribution >= 4 is 0 Å². The minimum Gasteiger partial charge on any atom is -0.393 e. The Bertz CT molecular complexity index is 754. The van der Waals surface area contributed by atoms with Gasteiger partial charge in [0.15, 0.2) is 0 Å². The molecule has 0 bridgehead atoms. The number of allylic oxidation sites excluding steroid dienone is 5. The van der Waals surface area contributed by atoms with Gasteiger partial charge in [-0.05, 0) is 105 Å². The number of rotatable bonds is 6. The Hall–Kier alpha value is -0.820.